The van der Waals surface area contributed by atoms with E-state index in [2.05, 4.69) is 110 Å². The average molecular weight is 466 g/mol. The van der Waals surface area contributed by atoms with E-state index in [0.29, 0.717) is 0 Å². The monoisotopic (exact) mass is 465 g/mol. The van der Waals surface area contributed by atoms with Crippen LogP contribution in [0.15, 0.2) is 97.1 Å². The number of hydrogen-bond acceptors (Lipinski definition) is 3. The van der Waals surface area contributed by atoms with Gasteiger partial charge in [0.1, 0.15) is 0 Å². The van der Waals surface area contributed by atoms with Gasteiger partial charge in [-0.25, -0.2) is 0 Å². The van der Waals surface area contributed by atoms with Crippen LogP contribution in [0.5, 0.6) is 0 Å². The Morgan fingerprint density at radius 3 is 2.11 bits per heavy atom. The molecule has 6 aromatic carbocycles. The van der Waals surface area contributed by atoms with Crippen LogP contribution in [0.1, 0.15) is 25.0 Å². The van der Waals surface area contributed by atoms with Gasteiger partial charge >= 0.3 is 0 Å². The number of nitrogens with two attached hydrogens (primary N) is 2. The van der Waals surface area contributed by atoms with Crippen molar-refractivity contribution in [1.82, 2.24) is 0 Å². The highest BCUT2D eigenvalue weighted by Gasteiger charge is 2.36. The summed E-state index contributed by atoms with van der Waals surface area (Å²) < 4.78 is 0. The summed E-state index contributed by atoms with van der Waals surface area (Å²) in [6.07, 6.45) is 0. The zero-order valence-electron chi connectivity index (χ0n) is 20.4. The van der Waals surface area contributed by atoms with Crippen LogP contribution in [0.3, 0.4) is 0 Å². The highest BCUT2D eigenvalue weighted by molar-refractivity contribution is 6.21. The average Bonchev–Trinajstić information content (AvgIpc) is 3.11. The van der Waals surface area contributed by atoms with E-state index >= 15 is 0 Å². The third kappa shape index (κ3) is 2.80. The Kier molecular flexibility index (Phi) is 4.20. The zero-order chi connectivity index (χ0) is 24.6. The molecular formula is C33H27N3. The fraction of sp³-hybridized carbons (Fsp3) is 0.0909. The molecule has 0 heterocycles. The first-order chi connectivity index (χ1) is 17.4. The van der Waals surface area contributed by atoms with E-state index in [1.807, 2.05) is 6.07 Å². The molecule has 0 fully saturated rings. The van der Waals surface area contributed by atoms with Gasteiger partial charge in [0.05, 0.1) is 5.69 Å². The van der Waals surface area contributed by atoms with Gasteiger partial charge < -0.3 is 16.8 Å². The molecule has 0 saturated heterocycles. The molecule has 0 atom stereocenters. The van der Waals surface area contributed by atoms with E-state index in [1.165, 1.54) is 33.0 Å². The maximum absolute atomic E-state index is 6.87. The van der Waals surface area contributed by atoms with E-state index in [9.17, 15) is 0 Å². The summed E-state index contributed by atoms with van der Waals surface area (Å²) in [5.41, 5.74) is 21.7. The van der Waals surface area contributed by atoms with Gasteiger partial charge in [0.25, 0.3) is 0 Å². The SMILES string of the molecule is CC1(C)c2cc(N)ccc2-c2cc3c(N)c4ccccc4c(Nc4cccc5ccccc45)c3cc21. The van der Waals surface area contributed by atoms with Crippen molar-refractivity contribution in [1.29, 1.82) is 0 Å². The lowest BCUT2D eigenvalue weighted by Gasteiger charge is -2.23. The molecule has 0 unspecified atom stereocenters. The van der Waals surface area contributed by atoms with E-state index in [0.717, 1.165) is 44.3 Å². The second-order valence-corrected chi connectivity index (χ2v) is 10.4. The van der Waals surface area contributed by atoms with E-state index in [-0.39, 0.29) is 5.41 Å². The quantitative estimate of drug-likeness (QED) is 0.137. The highest BCUT2D eigenvalue weighted by Crippen LogP contribution is 2.52. The summed E-state index contributed by atoms with van der Waals surface area (Å²) in [4.78, 5) is 0. The molecule has 1 aliphatic rings. The predicted octanol–water partition coefficient (Wildman–Crippen LogP) is 8.36. The maximum atomic E-state index is 6.87. The molecule has 6 aromatic rings. The van der Waals surface area contributed by atoms with Gasteiger partial charge in [-0.1, -0.05) is 80.6 Å². The molecule has 3 nitrogen and oxygen atoms in total. The van der Waals surface area contributed by atoms with Crippen LogP contribution in [-0.2, 0) is 5.41 Å². The summed E-state index contributed by atoms with van der Waals surface area (Å²) >= 11 is 0. The summed E-state index contributed by atoms with van der Waals surface area (Å²) in [5, 5.41) is 10.6. The maximum Gasteiger partial charge on any atom is 0.0545 e. The Morgan fingerprint density at radius 1 is 0.583 bits per heavy atom. The van der Waals surface area contributed by atoms with Crippen molar-refractivity contribution in [2.75, 3.05) is 16.8 Å². The molecule has 3 heteroatoms. The normalized spacial score (nSPS) is 13.7. The molecular weight excluding hydrogens is 438 g/mol. The van der Waals surface area contributed by atoms with Crippen LogP contribution in [0, 0.1) is 0 Å². The number of nitrogens with one attached hydrogen (secondary N) is 1. The molecule has 1 aliphatic carbocycles. The van der Waals surface area contributed by atoms with Gasteiger partial charge in [0.2, 0.25) is 0 Å². The van der Waals surface area contributed by atoms with Gasteiger partial charge in [-0.05, 0) is 58.0 Å². The lowest BCUT2D eigenvalue weighted by atomic mass is 9.81. The Morgan fingerprint density at radius 2 is 1.28 bits per heavy atom. The van der Waals surface area contributed by atoms with Crippen molar-refractivity contribution >= 4 is 55.1 Å². The summed E-state index contributed by atoms with van der Waals surface area (Å²) in [6.45, 7) is 4.57. The molecule has 0 radical (unpaired) electrons. The zero-order valence-corrected chi connectivity index (χ0v) is 20.4. The van der Waals surface area contributed by atoms with Crippen LogP contribution < -0.4 is 16.8 Å². The summed E-state index contributed by atoms with van der Waals surface area (Å²) in [5.74, 6) is 0. The molecule has 7 rings (SSSR count). The number of nitrogen functional groups attached to an aromatic ring is 2. The number of rotatable bonds is 2. The molecule has 0 aromatic heterocycles. The molecule has 0 amide bonds. The molecule has 0 bridgehead atoms. The minimum Gasteiger partial charge on any atom is -0.399 e. The predicted molar refractivity (Wildman–Crippen MR) is 155 cm³/mol. The van der Waals surface area contributed by atoms with Crippen molar-refractivity contribution in [2.45, 2.75) is 19.3 Å². The molecule has 0 saturated carbocycles. The third-order valence-corrected chi connectivity index (χ3v) is 7.93. The van der Waals surface area contributed by atoms with Gasteiger partial charge in [-0.3, -0.25) is 0 Å². The minimum absolute atomic E-state index is 0.161. The number of hydrogen-bond donors (Lipinski definition) is 3. The summed E-state index contributed by atoms with van der Waals surface area (Å²) in [6, 6.07) is 34.2. The Hall–Kier alpha value is -4.50. The van der Waals surface area contributed by atoms with Gasteiger partial charge in [0.15, 0.2) is 0 Å². The van der Waals surface area contributed by atoms with Gasteiger partial charge in [0, 0.05) is 49.4 Å². The molecule has 5 N–H and O–H groups in total. The first-order valence-corrected chi connectivity index (χ1v) is 12.4. The van der Waals surface area contributed by atoms with Crippen LogP contribution >= 0.6 is 0 Å². The van der Waals surface area contributed by atoms with Crippen molar-refractivity contribution in [2.24, 2.45) is 0 Å². The first kappa shape index (κ1) is 20.8. The number of fused-ring (bicyclic) bond motifs is 6. The van der Waals surface area contributed by atoms with Crippen LogP contribution in [0.4, 0.5) is 22.7 Å². The van der Waals surface area contributed by atoms with Crippen molar-refractivity contribution in [3.05, 3.63) is 108 Å². The smallest absolute Gasteiger partial charge is 0.0545 e. The van der Waals surface area contributed by atoms with Crippen LogP contribution in [-0.4, -0.2) is 0 Å². The number of benzene rings is 6. The summed E-state index contributed by atoms with van der Waals surface area (Å²) in [7, 11) is 0. The fourth-order valence-corrected chi connectivity index (χ4v) is 6.06. The largest absolute Gasteiger partial charge is 0.399 e. The van der Waals surface area contributed by atoms with Crippen molar-refractivity contribution in [3.63, 3.8) is 0 Å². The minimum atomic E-state index is -0.161. The van der Waals surface area contributed by atoms with E-state index in [4.69, 9.17) is 11.5 Å². The van der Waals surface area contributed by atoms with Gasteiger partial charge in [-0.2, -0.15) is 0 Å². The lowest BCUT2D eigenvalue weighted by molar-refractivity contribution is 0.661. The Labute approximate surface area is 210 Å². The second-order valence-electron chi connectivity index (χ2n) is 10.4. The lowest BCUT2D eigenvalue weighted by Crippen LogP contribution is -2.15. The fourth-order valence-electron chi connectivity index (χ4n) is 6.06. The third-order valence-electron chi connectivity index (χ3n) is 7.93. The van der Waals surface area contributed by atoms with Crippen molar-refractivity contribution in [3.8, 4) is 11.1 Å². The molecule has 0 spiro atoms. The van der Waals surface area contributed by atoms with E-state index < -0.39 is 0 Å². The molecule has 174 valence electrons. The van der Waals surface area contributed by atoms with E-state index in [1.54, 1.807) is 0 Å². The standard InChI is InChI=1S/C33H27N3/c1-33(2)28-16-20(34)14-15-22(28)25-17-26-27(18-29(25)33)32(24-12-6-5-11-23(24)31(26)35)36-30-13-7-9-19-8-3-4-10-21(19)30/h3-18,36H,34-35H2,1-2H3. The first-order valence-electron chi connectivity index (χ1n) is 12.4. The Balaban J connectivity index is 1.57. The second kappa shape index (κ2) is 7.25. The topological polar surface area (TPSA) is 64.1 Å². The Bertz CT molecular complexity index is 1860. The number of anilines is 4. The van der Waals surface area contributed by atoms with Gasteiger partial charge in [-0.15, -0.1) is 0 Å². The molecule has 36 heavy (non-hydrogen) atoms. The van der Waals surface area contributed by atoms with Crippen LogP contribution in [0.2, 0.25) is 0 Å². The van der Waals surface area contributed by atoms with Crippen molar-refractivity contribution < 1.29 is 0 Å². The molecule has 0 aliphatic heterocycles. The van der Waals surface area contributed by atoms with Crippen LogP contribution in [0.25, 0.3) is 43.4 Å². The highest BCUT2D eigenvalue weighted by atomic mass is 14.9.